The lowest BCUT2D eigenvalue weighted by Gasteiger charge is -2.29. The fourth-order valence-corrected chi connectivity index (χ4v) is 3.69. The van der Waals surface area contributed by atoms with E-state index in [1.807, 2.05) is 50.3 Å². The standard InChI is InChI=1S/C20H23NO6/c1-19(2)12-20(11-10-13-8-6-5-7-9-13)14(16(22)25-3)15(17(23)26-4)27-21(20)18(19)24/h5-11,18,24H,12H2,1-4H3/b11-10+/t18-,20+/m0/s1. The number of rotatable bonds is 4. The number of ether oxygens (including phenoxy) is 2. The summed E-state index contributed by atoms with van der Waals surface area (Å²) in [5.41, 5.74) is -0.826. The molecule has 3 rings (SSSR count). The quantitative estimate of drug-likeness (QED) is 0.808. The number of hydrogen-bond acceptors (Lipinski definition) is 7. The van der Waals surface area contributed by atoms with E-state index in [1.54, 1.807) is 6.08 Å². The minimum atomic E-state index is -1.16. The van der Waals surface area contributed by atoms with E-state index in [-0.39, 0.29) is 11.3 Å². The van der Waals surface area contributed by atoms with E-state index < -0.39 is 29.1 Å². The van der Waals surface area contributed by atoms with E-state index in [4.69, 9.17) is 14.3 Å². The van der Waals surface area contributed by atoms with E-state index in [2.05, 4.69) is 0 Å². The van der Waals surface area contributed by atoms with Crippen LogP contribution in [0.15, 0.2) is 47.7 Å². The van der Waals surface area contributed by atoms with Gasteiger partial charge in [-0.05, 0) is 12.0 Å². The van der Waals surface area contributed by atoms with Gasteiger partial charge < -0.3 is 19.4 Å². The maximum Gasteiger partial charge on any atom is 0.376 e. The highest BCUT2D eigenvalue weighted by atomic mass is 16.7. The summed E-state index contributed by atoms with van der Waals surface area (Å²) in [6, 6.07) is 9.51. The average Bonchev–Trinajstić information content (AvgIpc) is 3.08. The number of hydroxylamine groups is 2. The molecule has 1 aromatic rings. The zero-order valence-electron chi connectivity index (χ0n) is 15.8. The molecule has 1 fully saturated rings. The minimum Gasteiger partial charge on any atom is -0.465 e. The summed E-state index contributed by atoms with van der Waals surface area (Å²) in [4.78, 5) is 30.5. The van der Waals surface area contributed by atoms with Gasteiger partial charge >= 0.3 is 11.9 Å². The van der Waals surface area contributed by atoms with Crippen molar-refractivity contribution < 1.29 is 29.0 Å². The largest absolute Gasteiger partial charge is 0.465 e. The van der Waals surface area contributed by atoms with Crippen LogP contribution in [-0.2, 0) is 23.9 Å². The van der Waals surface area contributed by atoms with Gasteiger partial charge in [0.2, 0.25) is 5.76 Å². The predicted octanol–water partition coefficient (Wildman–Crippen LogP) is 2.03. The molecule has 0 amide bonds. The normalized spacial score (nSPS) is 26.8. The highest BCUT2D eigenvalue weighted by molar-refractivity contribution is 6.02. The molecule has 0 saturated carbocycles. The molecule has 0 unspecified atom stereocenters. The molecule has 1 N–H and O–H groups in total. The van der Waals surface area contributed by atoms with E-state index in [0.29, 0.717) is 6.42 Å². The van der Waals surface area contributed by atoms with Crippen LogP contribution in [0.1, 0.15) is 25.8 Å². The Labute approximate surface area is 157 Å². The van der Waals surface area contributed by atoms with Crippen LogP contribution in [-0.4, -0.2) is 48.1 Å². The SMILES string of the molecule is COC(=O)C1=C(C(=O)OC)[C@@]2(/C=C/c3ccccc3)CC(C)(C)[C@H](O)N2O1. The third kappa shape index (κ3) is 3.02. The summed E-state index contributed by atoms with van der Waals surface area (Å²) in [5, 5.41) is 12.1. The smallest absolute Gasteiger partial charge is 0.376 e. The Balaban J connectivity index is 2.18. The second kappa shape index (κ2) is 6.83. The molecule has 0 bridgehead atoms. The van der Waals surface area contributed by atoms with Crippen LogP contribution in [0, 0.1) is 5.41 Å². The van der Waals surface area contributed by atoms with Gasteiger partial charge in [0.1, 0.15) is 17.3 Å². The van der Waals surface area contributed by atoms with E-state index >= 15 is 0 Å². The number of esters is 2. The van der Waals surface area contributed by atoms with Gasteiger partial charge in [-0.25, -0.2) is 9.59 Å². The van der Waals surface area contributed by atoms with E-state index in [0.717, 1.165) is 5.56 Å². The molecule has 2 atom stereocenters. The molecule has 2 aliphatic rings. The summed E-state index contributed by atoms with van der Waals surface area (Å²) < 4.78 is 9.68. The van der Waals surface area contributed by atoms with Crippen molar-refractivity contribution in [2.75, 3.05) is 14.2 Å². The Morgan fingerprint density at radius 3 is 2.41 bits per heavy atom. The number of aliphatic hydroxyl groups excluding tert-OH is 1. The lowest BCUT2D eigenvalue weighted by molar-refractivity contribution is -0.222. The van der Waals surface area contributed by atoms with Crippen molar-refractivity contribution in [3.05, 3.63) is 53.3 Å². The van der Waals surface area contributed by atoms with Crippen LogP contribution in [0.4, 0.5) is 0 Å². The first-order valence-electron chi connectivity index (χ1n) is 8.58. The summed E-state index contributed by atoms with van der Waals surface area (Å²) in [6.07, 6.45) is 2.89. The number of hydrogen-bond donors (Lipinski definition) is 1. The van der Waals surface area contributed by atoms with Crippen molar-refractivity contribution in [2.45, 2.75) is 32.0 Å². The fourth-order valence-electron chi connectivity index (χ4n) is 3.69. The fraction of sp³-hybridized carbons (Fsp3) is 0.400. The zero-order chi connectivity index (χ0) is 19.8. The summed E-state index contributed by atoms with van der Waals surface area (Å²) in [6.45, 7) is 3.73. The van der Waals surface area contributed by atoms with Crippen LogP contribution in [0.3, 0.4) is 0 Å². The minimum absolute atomic E-state index is 0.0219. The Hall–Kier alpha value is -2.64. The van der Waals surface area contributed by atoms with Gasteiger partial charge in [0.15, 0.2) is 0 Å². The molecule has 2 aliphatic heterocycles. The number of benzene rings is 1. The van der Waals surface area contributed by atoms with Crippen molar-refractivity contribution in [3.8, 4) is 0 Å². The number of methoxy groups -OCH3 is 2. The molecule has 7 nitrogen and oxygen atoms in total. The highest BCUT2D eigenvalue weighted by Gasteiger charge is 2.65. The number of aliphatic hydroxyl groups is 1. The second-order valence-corrected chi connectivity index (χ2v) is 7.31. The summed E-state index contributed by atoms with van der Waals surface area (Å²) in [7, 11) is 2.43. The van der Waals surface area contributed by atoms with Crippen molar-refractivity contribution in [1.82, 2.24) is 5.06 Å². The first kappa shape index (κ1) is 19.1. The molecule has 0 aromatic heterocycles. The van der Waals surface area contributed by atoms with E-state index in [1.165, 1.54) is 19.3 Å². The van der Waals surface area contributed by atoms with Gasteiger partial charge in [-0.2, -0.15) is 0 Å². The molecule has 0 radical (unpaired) electrons. The molecule has 144 valence electrons. The highest BCUT2D eigenvalue weighted by Crippen LogP contribution is 2.54. The molecule has 2 heterocycles. The second-order valence-electron chi connectivity index (χ2n) is 7.31. The third-order valence-corrected chi connectivity index (χ3v) is 5.00. The number of carbonyl (C=O) groups excluding carboxylic acids is 2. The summed E-state index contributed by atoms with van der Waals surface area (Å²) in [5.74, 6) is -1.78. The van der Waals surface area contributed by atoms with Crippen LogP contribution < -0.4 is 0 Å². The molecule has 27 heavy (non-hydrogen) atoms. The molecule has 0 spiro atoms. The number of nitrogens with zero attached hydrogens (tertiary/aromatic N) is 1. The van der Waals surface area contributed by atoms with Gasteiger partial charge in [-0.15, -0.1) is 0 Å². The summed E-state index contributed by atoms with van der Waals surface area (Å²) >= 11 is 0. The third-order valence-electron chi connectivity index (χ3n) is 5.00. The molecular weight excluding hydrogens is 350 g/mol. The monoisotopic (exact) mass is 373 g/mol. The lowest BCUT2D eigenvalue weighted by Crippen LogP contribution is -2.44. The first-order valence-corrected chi connectivity index (χ1v) is 8.58. The topological polar surface area (TPSA) is 85.3 Å². The molecule has 0 aliphatic carbocycles. The van der Waals surface area contributed by atoms with Crippen molar-refractivity contribution in [1.29, 1.82) is 0 Å². The van der Waals surface area contributed by atoms with Gasteiger partial charge in [-0.1, -0.05) is 61.4 Å². The number of fused-ring (bicyclic) bond motifs is 1. The van der Waals surface area contributed by atoms with Crippen molar-refractivity contribution >= 4 is 18.0 Å². The molecule has 7 heteroatoms. The maximum atomic E-state index is 12.6. The molecule has 1 saturated heterocycles. The van der Waals surface area contributed by atoms with Gasteiger partial charge in [0.25, 0.3) is 0 Å². The average molecular weight is 373 g/mol. The molecule has 1 aromatic carbocycles. The predicted molar refractivity (Wildman–Crippen MR) is 96.6 cm³/mol. The first-order chi connectivity index (χ1) is 12.8. The van der Waals surface area contributed by atoms with Crippen LogP contribution >= 0.6 is 0 Å². The Kier molecular flexibility index (Phi) is 4.84. The Morgan fingerprint density at radius 1 is 1.19 bits per heavy atom. The van der Waals surface area contributed by atoms with Crippen molar-refractivity contribution in [3.63, 3.8) is 0 Å². The number of carbonyl (C=O) groups is 2. The van der Waals surface area contributed by atoms with Crippen LogP contribution in [0.5, 0.6) is 0 Å². The zero-order valence-corrected chi connectivity index (χ0v) is 15.8. The van der Waals surface area contributed by atoms with Gasteiger partial charge in [-0.3, -0.25) is 0 Å². The van der Waals surface area contributed by atoms with Gasteiger partial charge in [0, 0.05) is 5.41 Å². The Morgan fingerprint density at radius 2 is 1.81 bits per heavy atom. The Bertz CT molecular complexity index is 813. The van der Waals surface area contributed by atoms with Crippen LogP contribution in [0.25, 0.3) is 6.08 Å². The van der Waals surface area contributed by atoms with Crippen LogP contribution in [0.2, 0.25) is 0 Å². The molecular formula is C20H23NO6. The maximum absolute atomic E-state index is 12.6. The lowest BCUT2D eigenvalue weighted by atomic mass is 9.78. The van der Waals surface area contributed by atoms with Gasteiger partial charge in [0.05, 0.1) is 14.2 Å². The van der Waals surface area contributed by atoms with E-state index in [9.17, 15) is 14.7 Å². The van der Waals surface area contributed by atoms with Crippen molar-refractivity contribution in [2.24, 2.45) is 5.41 Å².